The molecule has 0 atom stereocenters. The molecule has 0 aliphatic carbocycles. The summed E-state index contributed by atoms with van der Waals surface area (Å²) in [6.07, 6.45) is 1.52. The third kappa shape index (κ3) is 3.68. The Labute approximate surface area is 117 Å². The van der Waals surface area contributed by atoms with E-state index in [-0.39, 0.29) is 5.70 Å². The lowest BCUT2D eigenvalue weighted by Crippen LogP contribution is -1.93. The smallest absolute Gasteiger partial charge is 0.243 e. The SMILES string of the molecule is C/C(=C/c1cccc(Oc2ccc(C)cc2)c1)[N+](=O)[O-]. The minimum atomic E-state index is -0.409. The fourth-order valence-corrected chi connectivity index (χ4v) is 1.70. The van der Waals surface area contributed by atoms with Crippen LogP contribution in [0.2, 0.25) is 0 Å². The molecule has 0 bridgehead atoms. The first-order valence-corrected chi connectivity index (χ1v) is 6.22. The lowest BCUT2D eigenvalue weighted by molar-refractivity contribution is -0.422. The second kappa shape index (κ2) is 6.02. The van der Waals surface area contributed by atoms with Crippen LogP contribution in [0.25, 0.3) is 6.08 Å². The van der Waals surface area contributed by atoms with Crippen LogP contribution in [0.1, 0.15) is 18.1 Å². The largest absolute Gasteiger partial charge is 0.457 e. The van der Waals surface area contributed by atoms with Gasteiger partial charge in [-0.3, -0.25) is 10.1 Å². The van der Waals surface area contributed by atoms with Crippen LogP contribution in [-0.4, -0.2) is 4.92 Å². The molecule has 0 unspecified atom stereocenters. The molecule has 0 aromatic heterocycles. The van der Waals surface area contributed by atoms with Crippen LogP contribution < -0.4 is 4.74 Å². The van der Waals surface area contributed by atoms with Gasteiger partial charge < -0.3 is 4.74 Å². The number of ether oxygens (including phenoxy) is 1. The van der Waals surface area contributed by atoms with E-state index in [4.69, 9.17) is 4.74 Å². The van der Waals surface area contributed by atoms with Crippen LogP contribution in [0.5, 0.6) is 11.5 Å². The number of hydrogen-bond donors (Lipinski definition) is 0. The summed E-state index contributed by atoms with van der Waals surface area (Å²) in [7, 11) is 0. The summed E-state index contributed by atoms with van der Waals surface area (Å²) < 4.78 is 5.72. The van der Waals surface area contributed by atoms with Crippen molar-refractivity contribution in [3.05, 3.63) is 75.5 Å². The van der Waals surface area contributed by atoms with Gasteiger partial charge in [0.2, 0.25) is 5.70 Å². The van der Waals surface area contributed by atoms with Crippen molar-refractivity contribution in [1.82, 2.24) is 0 Å². The lowest BCUT2D eigenvalue weighted by Gasteiger charge is -2.06. The summed E-state index contributed by atoms with van der Waals surface area (Å²) in [6.45, 7) is 3.48. The first kappa shape index (κ1) is 13.8. The second-order valence-corrected chi connectivity index (χ2v) is 4.53. The zero-order valence-electron chi connectivity index (χ0n) is 11.4. The Balaban J connectivity index is 2.20. The molecule has 0 saturated carbocycles. The maximum atomic E-state index is 10.6. The highest BCUT2D eigenvalue weighted by Gasteiger charge is 2.03. The van der Waals surface area contributed by atoms with Crippen molar-refractivity contribution in [3.63, 3.8) is 0 Å². The molecule has 0 spiro atoms. The molecule has 0 heterocycles. The molecular formula is C16H15NO3. The number of hydrogen-bond acceptors (Lipinski definition) is 3. The van der Waals surface area contributed by atoms with Crippen molar-refractivity contribution in [2.24, 2.45) is 0 Å². The number of nitrogens with zero attached hydrogens (tertiary/aromatic N) is 1. The van der Waals surface area contributed by atoms with E-state index in [2.05, 4.69) is 0 Å². The summed E-state index contributed by atoms with van der Waals surface area (Å²) in [5.74, 6) is 1.39. The van der Waals surface area contributed by atoms with Gasteiger partial charge >= 0.3 is 0 Å². The minimum Gasteiger partial charge on any atom is -0.457 e. The van der Waals surface area contributed by atoms with Crippen molar-refractivity contribution in [1.29, 1.82) is 0 Å². The van der Waals surface area contributed by atoms with Crippen molar-refractivity contribution in [2.45, 2.75) is 13.8 Å². The Morgan fingerprint density at radius 1 is 1.15 bits per heavy atom. The van der Waals surface area contributed by atoms with Crippen molar-refractivity contribution in [3.8, 4) is 11.5 Å². The average molecular weight is 269 g/mol. The highest BCUT2D eigenvalue weighted by Crippen LogP contribution is 2.23. The minimum absolute atomic E-state index is 0.0949. The number of nitro groups is 1. The molecule has 2 rings (SSSR count). The highest BCUT2D eigenvalue weighted by molar-refractivity contribution is 5.53. The monoisotopic (exact) mass is 269 g/mol. The van der Waals surface area contributed by atoms with Gasteiger partial charge in [0.15, 0.2) is 0 Å². The van der Waals surface area contributed by atoms with Crippen molar-refractivity contribution >= 4 is 6.08 Å². The summed E-state index contributed by atoms with van der Waals surface area (Å²) in [5, 5.41) is 10.6. The molecule has 0 aliphatic rings. The van der Waals surface area contributed by atoms with E-state index in [9.17, 15) is 10.1 Å². The zero-order valence-corrected chi connectivity index (χ0v) is 11.4. The first-order chi connectivity index (χ1) is 9.54. The molecule has 20 heavy (non-hydrogen) atoms. The highest BCUT2D eigenvalue weighted by atomic mass is 16.6. The molecule has 2 aromatic rings. The van der Waals surface area contributed by atoms with Gasteiger partial charge in [-0.1, -0.05) is 29.8 Å². The Bertz CT molecular complexity index is 645. The third-order valence-corrected chi connectivity index (χ3v) is 2.78. The van der Waals surface area contributed by atoms with Gasteiger partial charge in [-0.15, -0.1) is 0 Å². The zero-order chi connectivity index (χ0) is 14.5. The topological polar surface area (TPSA) is 52.4 Å². The fraction of sp³-hybridized carbons (Fsp3) is 0.125. The second-order valence-electron chi connectivity index (χ2n) is 4.53. The molecule has 102 valence electrons. The summed E-state index contributed by atoms with van der Waals surface area (Å²) in [6, 6.07) is 14.9. The molecule has 0 amide bonds. The van der Waals surface area contributed by atoms with E-state index in [1.54, 1.807) is 12.1 Å². The quantitative estimate of drug-likeness (QED) is 0.609. The fourth-order valence-electron chi connectivity index (χ4n) is 1.70. The number of aryl methyl sites for hydroxylation is 1. The summed E-state index contributed by atoms with van der Waals surface area (Å²) >= 11 is 0. The van der Waals surface area contributed by atoms with E-state index >= 15 is 0 Å². The van der Waals surface area contributed by atoms with E-state index in [0.29, 0.717) is 5.75 Å². The third-order valence-electron chi connectivity index (χ3n) is 2.78. The van der Waals surface area contributed by atoms with Crippen LogP contribution in [0.15, 0.2) is 54.2 Å². The molecule has 0 N–H and O–H groups in total. The summed E-state index contributed by atoms with van der Waals surface area (Å²) in [5.41, 5.74) is 2.00. The Morgan fingerprint density at radius 2 is 1.85 bits per heavy atom. The standard InChI is InChI=1S/C16H15NO3/c1-12-6-8-15(9-7-12)20-16-5-3-4-14(11-16)10-13(2)17(18)19/h3-11H,1-2H3/b13-10-. The van der Waals surface area contributed by atoms with Crippen molar-refractivity contribution in [2.75, 3.05) is 0 Å². The van der Waals surface area contributed by atoms with Gasteiger partial charge in [-0.25, -0.2) is 0 Å². The summed E-state index contributed by atoms with van der Waals surface area (Å²) in [4.78, 5) is 10.2. The molecule has 4 heteroatoms. The van der Waals surface area contributed by atoms with Gasteiger partial charge in [0, 0.05) is 13.0 Å². The Morgan fingerprint density at radius 3 is 2.50 bits per heavy atom. The molecule has 2 aromatic carbocycles. The van der Waals surface area contributed by atoms with Gasteiger partial charge in [-0.05, 0) is 36.8 Å². The normalized spacial score (nSPS) is 11.2. The van der Waals surface area contributed by atoms with Crippen LogP contribution in [0.3, 0.4) is 0 Å². The Hall–Kier alpha value is -2.62. The van der Waals surface area contributed by atoms with Gasteiger partial charge in [0.1, 0.15) is 11.5 Å². The van der Waals surface area contributed by atoms with Crippen LogP contribution in [0, 0.1) is 17.0 Å². The number of rotatable bonds is 4. The molecular weight excluding hydrogens is 254 g/mol. The van der Waals surface area contributed by atoms with E-state index in [1.165, 1.54) is 13.0 Å². The Kier molecular flexibility index (Phi) is 4.15. The molecule has 0 aliphatic heterocycles. The maximum Gasteiger partial charge on any atom is 0.243 e. The number of benzene rings is 2. The maximum absolute atomic E-state index is 10.6. The van der Waals surface area contributed by atoms with Crippen LogP contribution in [-0.2, 0) is 0 Å². The van der Waals surface area contributed by atoms with E-state index < -0.39 is 4.92 Å². The molecule has 0 radical (unpaired) electrons. The molecule has 0 saturated heterocycles. The first-order valence-electron chi connectivity index (χ1n) is 6.22. The molecule has 4 nitrogen and oxygen atoms in total. The van der Waals surface area contributed by atoms with E-state index in [0.717, 1.165) is 16.9 Å². The van der Waals surface area contributed by atoms with Crippen LogP contribution in [0.4, 0.5) is 0 Å². The predicted molar refractivity (Wildman–Crippen MR) is 78.3 cm³/mol. The van der Waals surface area contributed by atoms with Crippen LogP contribution >= 0.6 is 0 Å². The van der Waals surface area contributed by atoms with E-state index in [1.807, 2.05) is 43.3 Å². The lowest BCUT2D eigenvalue weighted by atomic mass is 10.2. The van der Waals surface area contributed by atoms with Crippen molar-refractivity contribution < 1.29 is 9.66 Å². The van der Waals surface area contributed by atoms with Gasteiger partial charge in [-0.2, -0.15) is 0 Å². The van der Waals surface area contributed by atoms with Gasteiger partial charge in [0.05, 0.1) is 4.92 Å². The number of allylic oxidation sites excluding steroid dienone is 1. The van der Waals surface area contributed by atoms with Gasteiger partial charge in [0.25, 0.3) is 0 Å². The average Bonchev–Trinajstić information content (AvgIpc) is 2.42. The molecule has 0 fully saturated rings. The predicted octanol–water partition coefficient (Wildman–Crippen LogP) is 4.42.